The van der Waals surface area contributed by atoms with Crippen molar-refractivity contribution < 1.29 is 14.3 Å². The average molecular weight is 266 g/mol. The molecular weight excluding hydrogens is 244 g/mol. The number of benzene rings is 1. The van der Waals surface area contributed by atoms with E-state index in [0.717, 1.165) is 12.0 Å². The highest BCUT2D eigenvalue weighted by Gasteiger charge is 2.11. The summed E-state index contributed by atoms with van der Waals surface area (Å²) in [5.41, 5.74) is 6.49. The van der Waals surface area contributed by atoms with Gasteiger partial charge in [-0.15, -0.1) is 0 Å². The Balaban J connectivity index is 2.54. The number of likely N-dealkylation sites (N-methyl/N-ethyl adjacent to an activating group) is 1. The lowest BCUT2D eigenvalue weighted by atomic mass is 10.2. The fraction of sp³-hybridized carbons (Fsp3) is 0.500. The molecule has 0 heterocycles. The van der Waals surface area contributed by atoms with Crippen LogP contribution in [0.3, 0.4) is 0 Å². The summed E-state index contributed by atoms with van der Waals surface area (Å²) in [5.74, 6) is 1.14. The first-order chi connectivity index (χ1) is 9.08. The number of aryl methyl sites for hydroxylation is 1. The minimum Gasteiger partial charge on any atom is -0.493 e. The van der Waals surface area contributed by atoms with E-state index in [4.69, 9.17) is 15.2 Å². The summed E-state index contributed by atoms with van der Waals surface area (Å²) in [7, 11) is 3.32. The van der Waals surface area contributed by atoms with Crippen LogP contribution in [0.15, 0.2) is 18.2 Å². The SMILES string of the molecule is COc1cc(C)ccc1OCC(=O)N(C)CCCN. The molecule has 0 aliphatic rings. The van der Waals surface area contributed by atoms with Crippen LogP contribution < -0.4 is 15.2 Å². The van der Waals surface area contributed by atoms with Crippen LogP contribution in [0.2, 0.25) is 0 Å². The lowest BCUT2D eigenvalue weighted by Crippen LogP contribution is -2.33. The van der Waals surface area contributed by atoms with Crippen molar-refractivity contribution in [3.8, 4) is 11.5 Å². The molecule has 0 fully saturated rings. The zero-order chi connectivity index (χ0) is 14.3. The molecular formula is C14H22N2O3. The van der Waals surface area contributed by atoms with Crippen LogP contribution in [0.5, 0.6) is 11.5 Å². The van der Waals surface area contributed by atoms with Crippen molar-refractivity contribution in [1.82, 2.24) is 4.90 Å². The molecule has 106 valence electrons. The first-order valence-electron chi connectivity index (χ1n) is 6.30. The maximum Gasteiger partial charge on any atom is 0.260 e. The van der Waals surface area contributed by atoms with Gasteiger partial charge in [0.1, 0.15) is 0 Å². The first-order valence-corrected chi connectivity index (χ1v) is 6.30. The van der Waals surface area contributed by atoms with Gasteiger partial charge in [-0.1, -0.05) is 6.07 Å². The number of carbonyl (C=O) groups is 1. The third-order valence-electron chi connectivity index (χ3n) is 2.79. The molecule has 0 aromatic heterocycles. The molecule has 0 aliphatic heterocycles. The Morgan fingerprint density at radius 3 is 2.74 bits per heavy atom. The van der Waals surface area contributed by atoms with Gasteiger partial charge in [0.05, 0.1) is 7.11 Å². The molecule has 0 spiro atoms. The maximum atomic E-state index is 11.8. The van der Waals surface area contributed by atoms with Gasteiger partial charge >= 0.3 is 0 Å². The minimum atomic E-state index is -0.0731. The van der Waals surface area contributed by atoms with Gasteiger partial charge in [0.2, 0.25) is 0 Å². The van der Waals surface area contributed by atoms with Crippen LogP contribution in [-0.2, 0) is 4.79 Å². The highest BCUT2D eigenvalue weighted by molar-refractivity contribution is 5.77. The molecule has 19 heavy (non-hydrogen) atoms. The molecule has 0 atom stereocenters. The van der Waals surface area contributed by atoms with Gasteiger partial charge < -0.3 is 20.1 Å². The molecule has 0 radical (unpaired) electrons. The molecule has 1 amide bonds. The van der Waals surface area contributed by atoms with Gasteiger partial charge in [-0.25, -0.2) is 0 Å². The summed E-state index contributed by atoms with van der Waals surface area (Å²) >= 11 is 0. The van der Waals surface area contributed by atoms with Crippen molar-refractivity contribution >= 4 is 5.91 Å². The molecule has 0 aliphatic carbocycles. The maximum absolute atomic E-state index is 11.8. The lowest BCUT2D eigenvalue weighted by molar-refractivity contribution is -0.132. The van der Waals surface area contributed by atoms with Crippen LogP contribution in [0.4, 0.5) is 0 Å². The molecule has 5 nitrogen and oxygen atoms in total. The first kappa shape index (κ1) is 15.3. The van der Waals surface area contributed by atoms with Crippen molar-refractivity contribution in [3.05, 3.63) is 23.8 Å². The van der Waals surface area contributed by atoms with Gasteiger partial charge in [-0.05, 0) is 37.6 Å². The molecule has 1 rings (SSSR count). The summed E-state index contributed by atoms with van der Waals surface area (Å²) in [4.78, 5) is 13.4. The largest absolute Gasteiger partial charge is 0.493 e. The quantitative estimate of drug-likeness (QED) is 0.805. The Kier molecular flexibility index (Phi) is 6.15. The molecule has 2 N–H and O–H groups in total. The van der Waals surface area contributed by atoms with E-state index in [0.29, 0.717) is 24.6 Å². The van der Waals surface area contributed by atoms with Crippen LogP contribution in [0.1, 0.15) is 12.0 Å². The van der Waals surface area contributed by atoms with Crippen molar-refractivity contribution in [1.29, 1.82) is 0 Å². The summed E-state index contributed by atoms with van der Waals surface area (Å²) in [6.07, 6.45) is 0.788. The monoisotopic (exact) mass is 266 g/mol. The predicted molar refractivity (Wildman–Crippen MR) is 74.5 cm³/mol. The number of nitrogens with two attached hydrogens (primary N) is 1. The number of nitrogens with zero attached hydrogens (tertiary/aromatic N) is 1. The second-order valence-electron chi connectivity index (χ2n) is 4.40. The standard InChI is InChI=1S/C14H22N2O3/c1-11-5-6-12(13(9-11)18-3)19-10-14(17)16(2)8-4-7-15/h5-6,9H,4,7-8,10,15H2,1-3H3. The van der Waals surface area contributed by atoms with Gasteiger partial charge in [-0.3, -0.25) is 4.79 Å². The molecule has 1 aromatic carbocycles. The third-order valence-corrected chi connectivity index (χ3v) is 2.79. The smallest absolute Gasteiger partial charge is 0.260 e. The van der Waals surface area contributed by atoms with E-state index in [-0.39, 0.29) is 12.5 Å². The summed E-state index contributed by atoms with van der Waals surface area (Å²) in [5, 5.41) is 0. The number of amides is 1. The Bertz CT molecular complexity index is 421. The number of carbonyl (C=O) groups excluding carboxylic acids is 1. The van der Waals surface area contributed by atoms with E-state index >= 15 is 0 Å². The number of hydrogen-bond acceptors (Lipinski definition) is 4. The molecule has 0 unspecified atom stereocenters. The van der Waals surface area contributed by atoms with Crippen molar-refractivity contribution in [2.45, 2.75) is 13.3 Å². The third kappa shape index (κ3) is 4.79. The Morgan fingerprint density at radius 2 is 2.11 bits per heavy atom. The van der Waals surface area contributed by atoms with Crippen LogP contribution >= 0.6 is 0 Å². The summed E-state index contributed by atoms with van der Waals surface area (Å²) in [6.45, 7) is 3.19. The fourth-order valence-electron chi connectivity index (χ4n) is 1.60. The van der Waals surface area contributed by atoms with Crippen molar-refractivity contribution in [2.24, 2.45) is 5.73 Å². The number of ether oxygens (including phenoxy) is 2. The van der Waals surface area contributed by atoms with E-state index in [1.807, 2.05) is 19.1 Å². The second-order valence-corrected chi connectivity index (χ2v) is 4.40. The Morgan fingerprint density at radius 1 is 1.37 bits per heavy atom. The van der Waals surface area contributed by atoms with Gasteiger partial charge in [0, 0.05) is 13.6 Å². The number of hydrogen-bond donors (Lipinski definition) is 1. The van der Waals surface area contributed by atoms with E-state index in [9.17, 15) is 4.79 Å². The fourth-order valence-corrected chi connectivity index (χ4v) is 1.60. The van der Waals surface area contributed by atoms with Gasteiger partial charge in [0.15, 0.2) is 18.1 Å². The number of methoxy groups -OCH3 is 1. The Hall–Kier alpha value is -1.75. The van der Waals surface area contributed by atoms with E-state index in [2.05, 4.69) is 0 Å². The zero-order valence-electron chi connectivity index (χ0n) is 11.8. The summed E-state index contributed by atoms with van der Waals surface area (Å²) < 4.78 is 10.7. The Labute approximate surface area is 114 Å². The predicted octanol–water partition coefficient (Wildman–Crippen LogP) is 1.19. The second kappa shape index (κ2) is 7.63. The normalized spacial score (nSPS) is 10.1. The number of rotatable bonds is 7. The van der Waals surface area contributed by atoms with E-state index in [1.165, 1.54) is 0 Å². The van der Waals surface area contributed by atoms with Gasteiger partial charge in [-0.2, -0.15) is 0 Å². The molecule has 0 saturated heterocycles. The van der Waals surface area contributed by atoms with Crippen molar-refractivity contribution in [3.63, 3.8) is 0 Å². The zero-order valence-corrected chi connectivity index (χ0v) is 11.8. The van der Waals surface area contributed by atoms with E-state index < -0.39 is 0 Å². The summed E-state index contributed by atoms with van der Waals surface area (Å²) in [6, 6.07) is 5.60. The molecule has 5 heteroatoms. The topological polar surface area (TPSA) is 64.8 Å². The highest BCUT2D eigenvalue weighted by Crippen LogP contribution is 2.27. The average Bonchev–Trinajstić information content (AvgIpc) is 2.42. The van der Waals surface area contributed by atoms with Crippen molar-refractivity contribution in [2.75, 3.05) is 33.9 Å². The van der Waals surface area contributed by atoms with Crippen LogP contribution in [0, 0.1) is 6.92 Å². The van der Waals surface area contributed by atoms with Crippen LogP contribution in [0.25, 0.3) is 0 Å². The highest BCUT2D eigenvalue weighted by atomic mass is 16.5. The molecule has 1 aromatic rings. The van der Waals surface area contributed by atoms with Gasteiger partial charge in [0.25, 0.3) is 5.91 Å². The van der Waals surface area contributed by atoms with E-state index in [1.54, 1.807) is 25.1 Å². The van der Waals surface area contributed by atoms with Crippen LogP contribution in [-0.4, -0.2) is 44.7 Å². The lowest BCUT2D eigenvalue weighted by Gasteiger charge is -2.17. The molecule has 0 saturated carbocycles. The minimum absolute atomic E-state index is 0.000488. The molecule has 0 bridgehead atoms.